The summed E-state index contributed by atoms with van der Waals surface area (Å²) in [5, 5.41) is 12.9. The molecule has 1 aliphatic heterocycles. The van der Waals surface area contributed by atoms with Gasteiger partial charge in [-0.15, -0.1) is 0 Å². The van der Waals surface area contributed by atoms with Gasteiger partial charge in [-0.25, -0.2) is 0 Å². The van der Waals surface area contributed by atoms with E-state index in [0.29, 0.717) is 13.2 Å². The molecule has 0 spiro atoms. The highest BCUT2D eigenvalue weighted by Crippen LogP contribution is 2.03. The first-order valence-electron chi connectivity index (χ1n) is 6.96. The van der Waals surface area contributed by atoms with E-state index in [-0.39, 0.29) is 12.2 Å². The van der Waals surface area contributed by atoms with Gasteiger partial charge in [0.05, 0.1) is 31.5 Å². The van der Waals surface area contributed by atoms with Crippen LogP contribution in [0, 0.1) is 0 Å². The lowest BCUT2D eigenvalue weighted by Gasteiger charge is -2.32. The maximum atomic E-state index is 9.69. The smallest absolute Gasteiger partial charge is 0.0897 e. The van der Waals surface area contributed by atoms with Crippen LogP contribution in [0.3, 0.4) is 0 Å². The van der Waals surface area contributed by atoms with Crippen LogP contribution in [-0.4, -0.2) is 74.3 Å². The Bertz CT molecular complexity index is 214. The molecule has 0 bridgehead atoms. The van der Waals surface area contributed by atoms with Gasteiger partial charge in [-0.2, -0.15) is 0 Å². The summed E-state index contributed by atoms with van der Waals surface area (Å²) in [6, 6.07) is 0. The van der Waals surface area contributed by atoms with Crippen molar-refractivity contribution in [3.63, 3.8) is 0 Å². The number of morpholine rings is 1. The minimum absolute atomic E-state index is 0.166. The molecule has 0 saturated carbocycles. The molecule has 108 valence electrons. The fourth-order valence-electron chi connectivity index (χ4n) is 1.96. The monoisotopic (exact) mass is 260 g/mol. The van der Waals surface area contributed by atoms with Crippen molar-refractivity contribution in [1.29, 1.82) is 0 Å². The summed E-state index contributed by atoms with van der Waals surface area (Å²) in [7, 11) is 0. The maximum absolute atomic E-state index is 9.69. The van der Waals surface area contributed by atoms with Crippen molar-refractivity contribution in [2.45, 2.75) is 39.1 Å². The highest BCUT2D eigenvalue weighted by Gasteiger charge is 2.18. The van der Waals surface area contributed by atoms with Crippen molar-refractivity contribution in [3.05, 3.63) is 0 Å². The van der Waals surface area contributed by atoms with E-state index in [1.165, 1.54) is 0 Å². The fourth-order valence-corrected chi connectivity index (χ4v) is 1.96. The van der Waals surface area contributed by atoms with Crippen LogP contribution in [0.1, 0.15) is 20.8 Å². The zero-order chi connectivity index (χ0) is 13.4. The van der Waals surface area contributed by atoms with Crippen molar-refractivity contribution >= 4 is 0 Å². The molecule has 2 unspecified atom stereocenters. The van der Waals surface area contributed by atoms with Gasteiger partial charge in [0, 0.05) is 26.2 Å². The second kappa shape index (κ2) is 8.82. The van der Waals surface area contributed by atoms with E-state index in [1.54, 1.807) is 0 Å². The second-order valence-electron chi connectivity index (χ2n) is 5.08. The molecule has 1 aliphatic rings. The van der Waals surface area contributed by atoms with Gasteiger partial charge in [-0.3, -0.25) is 4.90 Å². The van der Waals surface area contributed by atoms with E-state index >= 15 is 0 Å². The van der Waals surface area contributed by atoms with Crippen molar-refractivity contribution in [2.75, 3.05) is 45.9 Å². The Labute approximate surface area is 110 Å². The largest absolute Gasteiger partial charge is 0.389 e. The summed E-state index contributed by atoms with van der Waals surface area (Å²) in [5.41, 5.74) is 0. The van der Waals surface area contributed by atoms with Crippen LogP contribution in [0.25, 0.3) is 0 Å². The molecule has 5 heteroatoms. The SMILES string of the molecule is CCN1CCOC(CNCC(O)COC(C)C)C1. The predicted molar refractivity (Wildman–Crippen MR) is 71.8 cm³/mol. The Morgan fingerprint density at radius 2 is 2.28 bits per heavy atom. The van der Waals surface area contributed by atoms with Gasteiger partial charge in [0.2, 0.25) is 0 Å². The summed E-state index contributed by atoms with van der Waals surface area (Å²) in [6.07, 6.45) is -0.0466. The number of nitrogens with one attached hydrogen (secondary N) is 1. The molecular formula is C13H28N2O3. The number of hydrogen-bond acceptors (Lipinski definition) is 5. The van der Waals surface area contributed by atoms with Gasteiger partial charge in [-0.05, 0) is 20.4 Å². The average molecular weight is 260 g/mol. The van der Waals surface area contributed by atoms with Crippen molar-refractivity contribution in [2.24, 2.45) is 0 Å². The highest BCUT2D eigenvalue weighted by atomic mass is 16.5. The molecule has 2 atom stereocenters. The summed E-state index contributed by atoms with van der Waals surface area (Å²) >= 11 is 0. The quantitative estimate of drug-likeness (QED) is 0.647. The lowest BCUT2D eigenvalue weighted by atomic mass is 10.2. The number of likely N-dealkylation sites (N-methyl/N-ethyl adjacent to an activating group) is 1. The predicted octanol–water partition coefficient (Wildman–Crippen LogP) is 0.0826. The Morgan fingerprint density at radius 3 is 2.94 bits per heavy atom. The first-order chi connectivity index (χ1) is 8.61. The zero-order valence-electron chi connectivity index (χ0n) is 11.9. The number of rotatable bonds is 8. The van der Waals surface area contributed by atoms with Crippen LogP contribution < -0.4 is 5.32 Å². The zero-order valence-corrected chi connectivity index (χ0v) is 11.9. The Morgan fingerprint density at radius 1 is 1.50 bits per heavy atom. The van der Waals surface area contributed by atoms with E-state index in [0.717, 1.165) is 32.8 Å². The van der Waals surface area contributed by atoms with E-state index in [9.17, 15) is 5.11 Å². The standard InChI is InChI=1S/C13H28N2O3/c1-4-15-5-6-17-13(9-15)8-14-7-12(16)10-18-11(2)3/h11-14,16H,4-10H2,1-3H3. The molecule has 0 aromatic carbocycles. The molecular weight excluding hydrogens is 232 g/mol. The van der Waals surface area contributed by atoms with Crippen LogP contribution in [0.4, 0.5) is 0 Å². The molecule has 0 aromatic heterocycles. The van der Waals surface area contributed by atoms with Crippen LogP contribution in [-0.2, 0) is 9.47 Å². The number of nitrogens with zero attached hydrogens (tertiary/aromatic N) is 1. The van der Waals surface area contributed by atoms with Crippen LogP contribution in [0.15, 0.2) is 0 Å². The van der Waals surface area contributed by atoms with Crippen LogP contribution in [0.2, 0.25) is 0 Å². The lowest BCUT2D eigenvalue weighted by molar-refractivity contribution is -0.0289. The summed E-state index contributed by atoms with van der Waals surface area (Å²) in [6.45, 7) is 11.7. The summed E-state index contributed by atoms with van der Waals surface area (Å²) in [5.74, 6) is 0. The second-order valence-corrected chi connectivity index (χ2v) is 5.08. The summed E-state index contributed by atoms with van der Waals surface area (Å²) < 4.78 is 11.0. The van der Waals surface area contributed by atoms with E-state index < -0.39 is 6.10 Å². The lowest BCUT2D eigenvalue weighted by Crippen LogP contribution is -2.47. The molecule has 0 aromatic rings. The highest BCUT2D eigenvalue weighted by molar-refractivity contribution is 4.73. The van der Waals surface area contributed by atoms with E-state index in [2.05, 4.69) is 17.1 Å². The average Bonchev–Trinajstić information content (AvgIpc) is 2.36. The van der Waals surface area contributed by atoms with Gasteiger partial charge >= 0.3 is 0 Å². The third-order valence-electron chi connectivity index (χ3n) is 3.04. The molecule has 1 fully saturated rings. The Hall–Kier alpha value is -0.200. The molecule has 18 heavy (non-hydrogen) atoms. The fraction of sp³-hybridized carbons (Fsp3) is 1.00. The van der Waals surface area contributed by atoms with Gasteiger partial charge in [0.15, 0.2) is 0 Å². The number of hydrogen-bond donors (Lipinski definition) is 2. The number of ether oxygens (including phenoxy) is 2. The molecule has 0 radical (unpaired) electrons. The minimum atomic E-state index is -0.446. The van der Waals surface area contributed by atoms with E-state index in [1.807, 2.05) is 13.8 Å². The summed E-state index contributed by atoms with van der Waals surface area (Å²) in [4.78, 5) is 2.38. The molecule has 2 N–H and O–H groups in total. The molecule has 1 heterocycles. The third kappa shape index (κ3) is 6.66. The topological polar surface area (TPSA) is 54.0 Å². The molecule has 1 saturated heterocycles. The third-order valence-corrected chi connectivity index (χ3v) is 3.04. The van der Waals surface area contributed by atoms with Gasteiger partial charge < -0.3 is 19.9 Å². The minimum Gasteiger partial charge on any atom is -0.389 e. The number of aliphatic hydroxyl groups is 1. The molecule has 0 amide bonds. The van der Waals surface area contributed by atoms with Crippen molar-refractivity contribution in [3.8, 4) is 0 Å². The van der Waals surface area contributed by atoms with Crippen molar-refractivity contribution < 1.29 is 14.6 Å². The normalized spacial score (nSPS) is 23.5. The first kappa shape index (κ1) is 15.9. The molecule has 0 aliphatic carbocycles. The Balaban J connectivity index is 2.06. The van der Waals surface area contributed by atoms with E-state index in [4.69, 9.17) is 9.47 Å². The first-order valence-corrected chi connectivity index (χ1v) is 6.96. The molecule has 1 rings (SSSR count). The van der Waals surface area contributed by atoms with Crippen molar-refractivity contribution in [1.82, 2.24) is 10.2 Å². The number of aliphatic hydroxyl groups excluding tert-OH is 1. The van der Waals surface area contributed by atoms with Gasteiger partial charge in [0.1, 0.15) is 0 Å². The van der Waals surface area contributed by atoms with Gasteiger partial charge in [0.25, 0.3) is 0 Å². The van der Waals surface area contributed by atoms with Crippen LogP contribution >= 0.6 is 0 Å². The molecule has 5 nitrogen and oxygen atoms in total. The maximum Gasteiger partial charge on any atom is 0.0897 e. The van der Waals surface area contributed by atoms with Gasteiger partial charge in [-0.1, -0.05) is 6.92 Å². The Kier molecular flexibility index (Phi) is 7.77. The van der Waals surface area contributed by atoms with Crippen LogP contribution in [0.5, 0.6) is 0 Å².